The van der Waals surface area contributed by atoms with Gasteiger partial charge in [-0.15, -0.1) is 0 Å². The Morgan fingerprint density at radius 3 is 2.36 bits per heavy atom. The fraction of sp³-hybridized carbons (Fsp3) is 0.571. The first kappa shape index (κ1) is 20.5. The lowest BCUT2D eigenvalue weighted by Crippen LogP contribution is -2.42. The minimum absolute atomic E-state index is 0.137. The predicted octanol–water partition coefficient (Wildman–Crippen LogP) is 2.87. The summed E-state index contributed by atoms with van der Waals surface area (Å²) in [5.74, 6) is 2.75. The number of aliphatic imine (C=N–C) groups is 1. The Bertz CT molecular complexity index is 690. The zero-order valence-electron chi connectivity index (χ0n) is 17.2. The SMILES string of the molecule is CCNC(=NCC(c1ccco1)N1CCCC1)NCC(c1ccco1)N(C)C. The summed E-state index contributed by atoms with van der Waals surface area (Å²) in [6, 6.07) is 8.27. The van der Waals surface area contributed by atoms with Crippen LogP contribution in [0.4, 0.5) is 0 Å². The molecule has 154 valence electrons. The van der Waals surface area contributed by atoms with Gasteiger partial charge in [-0.05, 0) is 71.2 Å². The van der Waals surface area contributed by atoms with Gasteiger partial charge in [-0.2, -0.15) is 0 Å². The standard InChI is InChI=1S/C21H33N5O2/c1-4-22-21(23-15-17(25(2)3)19-9-7-13-27-19)24-16-18(20-10-8-14-28-20)26-11-5-6-12-26/h7-10,13-14,17-18H,4-6,11-12,15-16H2,1-3H3,(H2,22,23,24). The number of hydrogen-bond acceptors (Lipinski definition) is 5. The normalized spacial score (nSPS) is 17.8. The summed E-state index contributed by atoms with van der Waals surface area (Å²) in [7, 11) is 4.11. The van der Waals surface area contributed by atoms with Gasteiger partial charge in [0.05, 0.1) is 31.2 Å². The Labute approximate surface area is 167 Å². The van der Waals surface area contributed by atoms with Gasteiger partial charge in [-0.25, -0.2) is 0 Å². The van der Waals surface area contributed by atoms with Crippen molar-refractivity contribution in [3.8, 4) is 0 Å². The van der Waals surface area contributed by atoms with E-state index < -0.39 is 0 Å². The summed E-state index contributed by atoms with van der Waals surface area (Å²) >= 11 is 0. The summed E-state index contributed by atoms with van der Waals surface area (Å²) in [5, 5.41) is 6.82. The van der Waals surface area contributed by atoms with Gasteiger partial charge in [0.25, 0.3) is 0 Å². The van der Waals surface area contributed by atoms with Gasteiger partial charge < -0.3 is 19.5 Å². The van der Waals surface area contributed by atoms with Crippen LogP contribution in [0.1, 0.15) is 43.4 Å². The number of likely N-dealkylation sites (tertiary alicyclic amines) is 1. The van der Waals surface area contributed by atoms with E-state index in [2.05, 4.69) is 47.5 Å². The Hall–Kier alpha value is -2.25. The van der Waals surface area contributed by atoms with Crippen LogP contribution in [0.25, 0.3) is 0 Å². The molecule has 1 fully saturated rings. The molecule has 1 aliphatic heterocycles. The lowest BCUT2D eigenvalue weighted by Gasteiger charge is -2.26. The molecule has 28 heavy (non-hydrogen) atoms. The summed E-state index contributed by atoms with van der Waals surface area (Å²) < 4.78 is 11.3. The first-order valence-electron chi connectivity index (χ1n) is 10.2. The van der Waals surface area contributed by atoms with E-state index in [1.165, 1.54) is 12.8 Å². The predicted molar refractivity (Wildman–Crippen MR) is 111 cm³/mol. The van der Waals surface area contributed by atoms with Crippen molar-refractivity contribution in [2.45, 2.75) is 31.8 Å². The van der Waals surface area contributed by atoms with E-state index in [0.29, 0.717) is 13.1 Å². The number of nitrogens with one attached hydrogen (secondary N) is 2. The van der Waals surface area contributed by atoms with Gasteiger partial charge in [0.15, 0.2) is 5.96 Å². The van der Waals surface area contributed by atoms with Gasteiger partial charge in [0.2, 0.25) is 0 Å². The van der Waals surface area contributed by atoms with Crippen molar-refractivity contribution >= 4 is 5.96 Å². The molecule has 2 aromatic rings. The van der Waals surface area contributed by atoms with Crippen molar-refractivity contribution in [2.24, 2.45) is 4.99 Å². The molecule has 7 heteroatoms. The van der Waals surface area contributed by atoms with Crippen molar-refractivity contribution in [3.05, 3.63) is 48.3 Å². The fourth-order valence-corrected chi connectivity index (χ4v) is 3.65. The third kappa shape index (κ3) is 5.39. The Morgan fingerprint density at radius 2 is 1.79 bits per heavy atom. The highest BCUT2D eigenvalue weighted by Crippen LogP contribution is 2.25. The number of hydrogen-bond donors (Lipinski definition) is 2. The molecule has 3 rings (SSSR count). The van der Waals surface area contributed by atoms with Crippen molar-refractivity contribution in [3.63, 3.8) is 0 Å². The van der Waals surface area contributed by atoms with Crippen LogP contribution >= 0.6 is 0 Å². The second kappa shape index (κ2) is 10.3. The molecule has 0 aliphatic carbocycles. The molecule has 0 bridgehead atoms. The largest absolute Gasteiger partial charge is 0.468 e. The van der Waals surface area contributed by atoms with Crippen LogP contribution in [0.15, 0.2) is 50.6 Å². The van der Waals surface area contributed by atoms with Crippen LogP contribution in [-0.4, -0.2) is 62.6 Å². The lowest BCUT2D eigenvalue weighted by atomic mass is 10.2. The van der Waals surface area contributed by atoms with E-state index >= 15 is 0 Å². The molecule has 0 saturated carbocycles. The van der Waals surface area contributed by atoms with E-state index in [0.717, 1.165) is 37.1 Å². The maximum absolute atomic E-state index is 5.71. The molecule has 0 spiro atoms. The average molecular weight is 388 g/mol. The van der Waals surface area contributed by atoms with E-state index in [1.54, 1.807) is 12.5 Å². The van der Waals surface area contributed by atoms with E-state index in [4.69, 9.17) is 13.8 Å². The number of rotatable bonds is 9. The van der Waals surface area contributed by atoms with E-state index in [-0.39, 0.29) is 12.1 Å². The second-order valence-electron chi connectivity index (χ2n) is 7.37. The zero-order chi connectivity index (χ0) is 19.8. The van der Waals surface area contributed by atoms with E-state index in [9.17, 15) is 0 Å². The molecule has 3 heterocycles. The van der Waals surface area contributed by atoms with Crippen molar-refractivity contribution in [2.75, 3.05) is 46.8 Å². The highest BCUT2D eigenvalue weighted by Gasteiger charge is 2.25. The van der Waals surface area contributed by atoms with Crippen molar-refractivity contribution in [1.82, 2.24) is 20.4 Å². The quantitative estimate of drug-likeness (QED) is 0.509. The summed E-state index contributed by atoms with van der Waals surface area (Å²) in [6.07, 6.45) is 5.95. The van der Waals surface area contributed by atoms with Gasteiger partial charge in [-0.3, -0.25) is 14.8 Å². The molecule has 2 unspecified atom stereocenters. The van der Waals surface area contributed by atoms with Crippen LogP contribution in [0, 0.1) is 0 Å². The Balaban J connectivity index is 1.66. The summed E-state index contributed by atoms with van der Waals surface area (Å²) in [5.41, 5.74) is 0. The number of nitrogens with zero attached hydrogens (tertiary/aromatic N) is 3. The van der Waals surface area contributed by atoms with E-state index in [1.807, 2.05) is 18.2 Å². The molecule has 2 N–H and O–H groups in total. The van der Waals surface area contributed by atoms with Gasteiger partial charge in [-0.1, -0.05) is 0 Å². The maximum Gasteiger partial charge on any atom is 0.191 e. The number of guanidine groups is 1. The molecule has 0 aromatic carbocycles. The maximum atomic E-state index is 5.71. The second-order valence-corrected chi connectivity index (χ2v) is 7.37. The summed E-state index contributed by atoms with van der Waals surface area (Å²) in [4.78, 5) is 9.48. The average Bonchev–Trinajstić information content (AvgIpc) is 3.45. The minimum atomic E-state index is 0.137. The van der Waals surface area contributed by atoms with Crippen LogP contribution in [0.3, 0.4) is 0 Å². The topological polar surface area (TPSA) is 69.2 Å². The van der Waals surface area contributed by atoms with Crippen LogP contribution in [-0.2, 0) is 0 Å². The Kier molecular flexibility index (Phi) is 7.56. The van der Waals surface area contributed by atoms with Gasteiger partial charge >= 0.3 is 0 Å². The molecule has 1 saturated heterocycles. The smallest absolute Gasteiger partial charge is 0.191 e. The van der Waals surface area contributed by atoms with Gasteiger partial charge in [0.1, 0.15) is 11.5 Å². The first-order valence-corrected chi connectivity index (χ1v) is 10.2. The van der Waals surface area contributed by atoms with Crippen LogP contribution < -0.4 is 10.6 Å². The molecule has 1 aliphatic rings. The van der Waals surface area contributed by atoms with Gasteiger partial charge in [0, 0.05) is 13.1 Å². The highest BCUT2D eigenvalue weighted by molar-refractivity contribution is 5.79. The van der Waals surface area contributed by atoms with Crippen molar-refractivity contribution in [1.29, 1.82) is 0 Å². The molecular weight excluding hydrogens is 354 g/mol. The van der Waals surface area contributed by atoms with Crippen LogP contribution in [0.2, 0.25) is 0 Å². The number of likely N-dealkylation sites (N-methyl/N-ethyl adjacent to an activating group) is 1. The molecule has 2 atom stereocenters. The number of furan rings is 2. The fourth-order valence-electron chi connectivity index (χ4n) is 3.65. The monoisotopic (exact) mass is 387 g/mol. The molecular formula is C21H33N5O2. The molecule has 2 aromatic heterocycles. The zero-order valence-corrected chi connectivity index (χ0v) is 17.2. The molecule has 0 radical (unpaired) electrons. The lowest BCUT2D eigenvalue weighted by molar-refractivity contribution is 0.221. The molecule has 0 amide bonds. The minimum Gasteiger partial charge on any atom is -0.468 e. The molecule has 7 nitrogen and oxygen atoms in total. The first-order chi connectivity index (χ1) is 13.7. The summed E-state index contributed by atoms with van der Waals surface area (Å²) in [6.45, 7) is 6.47. The van der Waals surface area contributed by atoms with Crippen molar-refractivity contribution < 1.29 is 8.83 Å². The highest BCUT2D eigenvalue weighted by atomic mass is 16.3. The Morgan fingerprint density at radius 1 is 1.11 bits per heavy atom. The third-order valence-corrected chi connectivity index (χ3v) is 5.18. The third-order valence-electron chi connectivity index (χ3n) is 5.18. The van der Waals surface area contributed by atoms with Crippen LogP contribution in [0.5, 0.6) is 0 Å².